The Bertz CT molecular complexity index is 742. The minimum Gasteiger partial charge on any atom is -0.434 e. The molecule has 1 aromatic heterocycles. The van der Waals surface area contributed by atoms with E-state index in [0.717, 1.165) is 12.0 Å². The zero-order chi connectivity index (χ0) is 18.9. The van der Waals surface area contributed by atoms with Crippen molar-refractivity contribution in [2.24, 2.45) is 12.0 Å². The number of rotatable bonds is 8. The molecule has 0 unspecified atom stereocenters. The van der Waals surface area contributed by atoms with Crippen LogP contribution in [0.5, 0.6) is 5.75 Å². The number of hydrogen-bond acceptors (Lipinski definition) is 3. The molecule has 2 N–H and O–H groups in total. The molecule has 0 radical (unpaired) electrons. The van der Waals surface area contributed by atoms with Gasteiger partial charge in [0.05, 0.1) is 12.7 Å². The summed E-state index contributed by atoms with van der Waals surface area (Å²) < 4.78 is 31.3. The average Bonchev–Trinajstić information content (AvgIpc) is 2.99. The summed E-state index contributed by atoms with van der Waals surface area (Å²) >= 11 is 5.95. The normalized spacial score (nSPS) is 11.3. The number of ether oxygens (including phenoxy) is 1. The van der Waals surface area contributed by atoms with Crippen LogP contribution in [0.4, 0.5) is 8.78 Å². The monoisotopic (exact) mass is 513 g/mol. The van der Waals surface area contributed by atoms with Crippen LogP contribution in [0.1, 0.15) is 18.1 Å². The lowest BCUT2D eigenvalue weighted by Gasteiger charge is -2.13. The van der Waals surface area contributed by atoms with Gasteiger partial charge in [0, 0.05) is 36.9 Å². The standard InChI is InChI=1S/C17H22ClF2N5O.HI/c1-3-21-17(22-7-6-12-9-24-25(2)11-12)23-10-13-8-14(18)4-5-15(13)26-16(19)20;/h4-5,8-9,11,16H,3,6-7,10H2,1-2H3,(H2,21,22,23);1H. The second-order valence-electron chi connectivity index (χ2n) is 5.52. The lowest BCUT2D eigenvalue weighted by atomic mass is 10.2. The third-order valence-corrected chi connectivity index (χ3v) is 3.69. The zero-order valence-corrected chi connectivity index (χ0v) is 18.2. The van der Waals surface area contributed by atoms with Crippen molar-refractivity contribution < 1.29 is 13.5 Å². The van der Waals surface area contributed by atoms with Gasteiger partial charge < -0.3 is 15.4 Å². The molecule has 0 atom stereocenters. The van der Waals surface area contributed by atoms with Crippen LogP contribution >= 0.6 is 35.6 Å². The van der Waals surface area contributed by atoms with Gasteiger partial charge in [0.2, 0.25) is 0 Å². The second kappa shape index (κ2) is 12.0. The number of alkyl halides is 2. The molecule has 0 aliphatic rings. The fourth-order valence-corrected chi connectivity index (χ4v) is 2.51. The molecule has 150 valence electrons. The van der Waals surface area contributed by atoms with E-state index in [1.54, 1.807) is 10.7 Å². The Morgan fingerprint density at radius 3 is 2.78 bits per heavy atom. The molecule has 0 aliphatic heterocycles. The van der Waals surface area contributed by atoms with Crippen LogP contribution in [-0.2, 0) is 20.0 Å². The second-order valence-corrected chi connectivity index (χ2v) is 5.96. The van der Waals surface area contributed by atoms with Crippen LogP contribution < -0.4 is 15.4 Å². The van der Waals surface area contributed by atoms with Crippen molar-refractivity contribution >= 4 is 41.5 Å². The third kappa shape index (κ3) is 8.29. The first-order valence-corrected chi connectivity index (χ1v) is 8.58. The third-order valence-electron chi connectivity index (χ3n) is 3.45. The molecule has 0 amide bonds. The predicted octanol–water partition coefficient (Wildman–Crippen LogP) is 3.59. The van der Waals surface area contributed by atoms with E-state index in [9.17, 15) is 8.78 Å². The summed E-state index contributed by atoms with van der Waals surface area (Å²) in [6.45, 7) is 0.542. The Hall–Kier alpha value is -1.62. The van der Waals surface area contributed by atoms with Gasteiger partial charge in [-0.1, -0.05) is 11.6 Å². The highest BCUT2D eigenvalue weighted by Crippen LogP contribution is 2.25. The van der Waals surface area contributed by atoms with Crippen LogP contribution in [-0.4, -0.2) is 35.4 Å². The maximum absolute atomic E-state index is 12.5. The van der Waals surface area contributed by atoms with Gasteiger partial charge in [-0.05, 0) is 37.1 Å². The molecule has 1 aromatic carbocycles. The highest BCUT2D eigenvalue weighted by molar-refractivity contribution is 14.0. The van der Waals surface area contributed by atoms with E-state index in [-0.39, 0.29) is 36.3 Å². The van der Waals surface area contributed by atoms with Gasteiger partial charge in [-0.15, -0.1) is 24.0 Å². The zero-order valence-electron chi connectivity index (χ0n) is 15.1. The molecule has 6 nitrogen and oxygen atoms in total. The number of guanidine groups is 1. The molecule has 10 heteroatoms. The van der Waals surface area contributed by atoms with E-state index in [1.807, 2.05) is 26.4 Å². The van der Waals surface area contributed by atoms with E-state index < -0.39 is 6.61 Å². The van der Waals surface area contributed by atoms with Crippen molar-refractivity contribution in [1.82, 2.24) is 20.4 Å². The summed E-state index contributed by atoms with van der Waals surface area (Å²) in [7, 11) is 1.87. The molecule has 1 heterocycles. The molecule has 0 spiro atoms. The van der Waals surface area contributed by atoms with Crippen LogP contribution in [0.25, 0.3) is 0 Å². The fourth-order valence-electron chi connectivity index (χ4n) is 2.31. The number of nitrogens with zero attached hydrogens (tertiary/aromatic N) is 3. The number of aromatic nitrogens is 2. The molecule has 0 saturated carbocycles. The van der Waals surface area contributed by atoms with E-state index in [2.05, 4.69) is 25.5 Å². The quantitative estimate of drug-likeness (QED) is 0.322. The maximum Gasteiger partial charge on any atom is 0.387 e. The number of benzene rings is 1. The van der Waals surface area contributed by atoms with Crippen LogP contribution in [0.2, 0.25) is 5.02 Å². The molecule has 0 fully saturated rings. The van der Waals surface area contributed by atoms with Crippen LogP contribution in [0, 0.1) is 0 Å². The summed E-state index contributed by atoms with van der Waals surface area (Å²) in [5.41, 5.74) is 1.60. The van der Waals surface area contributed by atoms with Gasteiger partial charge >= 0.3 is 6.61 Å². The number of aryl methyl sites for hydroxylation is 1. The van der Waals surface area contributed by atoms with Gasteiger partial charge in [0.15, 0.2) is 5.96 Å². The minimum atomic E-state index is -2.90. The first-order valence-electron chi connectivity index (χ1n) is 8.21. The minimum absolute atomic E-state index is 0. The lowest BCUT2D eigenvalue weighted by Crippen LogP contribution is -2.38. The predicted molar refractivity (Wildman–Crippen MR) is 113 cm³/mol. The Kier molecular flexibility index (Phi) is 10.4. The SMILES string of the molecule is CCNC(=NCc1cc(Cl)ccc1OC(F)F)NCCc1cnn(C)c1.I. The highest BCUT2D eigenvalue weighted by atomic mass is 127. The molecule has 0 aliphatic carbocycles. The molecular formula is C17H23ClF2IN5O. The summed E-state index contributed by atoms with van der Waals surface area (Å²) in [6.07, 6.45) is 4.55. The van der Waals surface area contributed by atoms with E-state index in [4.69, 9.17) is 11.6 Å². The van der Waals surface area contributed by atoms with E-state index in [0.29, 0.717) is 29.6 Å². The van der Waals surface area contributed by atoms with Gasteiger partial charge in [-0.2, -0.15) is 13.9 Å². The Morgan fingerprint density at radius 2 is 2.15 bits per heavy atom. The summed E-state index contributed by atoms with van der Waals surface area (Å²) in [6, 6.07) is 4.49. The summed E-state index contributed by atoms with van der Waals surface area (Å²) in [5, 5.41) is 10.9. The number of aliphatic imine (C=N–C) groups is 1. The van der Waals surface area contributed by atoms with E-state index in [1.165, 1.54) is 12.1 Å². The van der Waals surface area contributed by atoms with Crippen molar-refractivity contribution in [2.45, 2.75) is 26.5 Å². The molecule has 0 saturated heterocycles. The molecular weight excluding hydrogens is 491 g/mol. The summed E-state index contributed by atoms with van der Waals surface area (Å²) in [5.74, 6) is 0.652. The fraction of sp³-hybridized carbons (Fsp3) is 0.412. The Labute approximate surface area is 179 Å². The first-order chi connectivity index (χ1) is 12.5. The number of hydrogen-bond donors (Lipinski definition) is 2. The summed E-state index contributed by atoms with van der Waals surface area (Å²) in [4.78, 5) is 4.42. The topological polar surface area (TPSA) is 63.5 Å². The van der Waals surface area contributed by atoms with Crippen molar-refractivity contribution in [3.8, 4) is 5.75 Å². The largest absolute Gasteiger partial charge is 0.434 e. The van der Waals surface area contributed by atoms with Crippen molar-refractivity contribution in [2.75, 3.05) is 13.1 Å². The van der Waals surface area contributed by atoms with Crippen molar-refractivity contribution in [1.29, 1.82) is 0 Å². The van der Waals surface area contributed by atoms with Gasteiger partial charge in [0.25, 0.3) is 0 Å². The van der Waals surface area contributed by atoms with Gasteiger partial charge in [0.1, 0.15) is 5.75 Å². The van der Waals surface area contributed by atoms with Gasteiger partial charge in [-0.3, -0.25) is 4.68 Å². The molecule has 0 bridgehead atoms. The maximum atomic E-state index is 12.5. The smallest absolute Gasteiger partial charge is 0.387 e. The number of halogens is 4. The van der Waals surface area contributed by atoms with E-state index >= 15 is 0 Å². The average molecular weight is 514 g/mol. The Balaban J connectivity index is 0.00000364. The van der Waals surface area contributed by atoms with Crippen molar-refractivity contribution in [3.05, 3.63) is 46.7 Å². The molecule has 2 rings (SSSR count). The first kappa shape index (κ1) is 23.4. The molecule has 2 aromatic rings. The molecule has 27 heavy (non-hydrogen) atoms. The van der Waals surface area contributed by atoms with Gasteiger partial charge in [-0.25, -0.2) is 4.99 Å². The highest BCUT2D eigenvalue weighted by Gasteiger charge is 2.10. The number of nitrogens with one attached hydrogen (secondary N) is 2. The Morgan fingerprint density at radius 1 is 1.37 bits per heavy atom. The van der Waals surface area contributed by atoms with Crippen LogP contribution in [0.15, 0.2) is 35.6 Å². The lowest BCUT2D eigenvalue weighted by molar-refractivity contribution is -0.0504. The van der Waals surface area contributed by atoms with Crippen LogP contribution in [0.3, 0.4) is 0 Å². The van der Waals surface area contributed by atoms with Crippen molar-refractivity contribution in [3.63, 3.8) is 0 Å².